The van der Waals surface area contributed by atoms with Gasteiger partial charge in [-0.1, -0.05) is 48.0 Å². The summed E-state index contributed by atoms with van der Waals surface area (Å²) in [4.78, 5) is 7.98. The second-order valence-electron chi connectivity index (χ2n) is 7.39. The van der Waals surface area contributed by atoms with E-state index in [2.05, 4.69) is 52.5 Å². The Balaban J connectivity index is 1.29. The van der Waals surface area contributed by atoms with Crippen molar-refractivity contribution in [3.63, 3.8) is 0 Å². The number of imidazole rings is 1. The molecule has 5 heteroatoms. The van der Waals surface area contributed by atoms with Crippen LogP contribution in [0.2, 0.25) is 0 Å². The molecule has 5 nitrogen and oxygen atoms in total. The first-order valence-corrected chi connectivity index (χ1v) is 10.2. The highest BCUT2D eigenvalue weighted by Crippen LogP contribution is 2.29. The van der Waals surface area contributed by atoms with Gasteiger partial charge < -0.3 is 19.8 Å². The highest BCUT2D eigenvalue weighted by molar-refractivity contribution is 5.74. The maximum absolute atomic E-state index is 5.96. The average molecular weight is 402 g/mol. The molecule has 0 aliphatic heterocycles. The highest BCUT2D eigenvalue weighted by Gasteiger charge is 2.07. The van der Waals surface area contributed by atoms with Crippen molar-refractivity contribution in [1.82, 2.24) is 15.3 Å². The fourth-order valence-corrected chi connectivity index (χ4v) is 3.35. The lowest BCUT2D eigenvalue weighted by Gasteiger charge is -2.13. The quantitative estimate of drug-likeness (QED) is 0.396. The van der Waals surface area contributed by atoms with E-state index < -0.39 is 0 Å². The average Bonchev–Trinajstić information content (AvgIpc) is 3.19. The van der Waals surface area contributed by atoms with Gasteiger partial charge in [0.15, 0.2) is 11.5 Å². The van der Waals surface area contributed by atoms with Gasteiger partial charge in [-0.25, -0.2) is 4.98 Å². The number of aromatic nitrogens is 2. The number of ether oxygens (including phenoxy) is 2. The van der Waals surface area contributed by atoms with Gasteiger partial charge in [-0.3, -0.25) is 0 Å². The van der Waals surface area contributed by atoms with Gasteiger partial charge in [0.25, 0.3) is 0 Å². The van der Waals surface area contributed by atoms with Gasteiger partial charge in [-0.05, 0) is 42.3 Å². The molecule has 30 heavy (non-hydrogen) atoms. The molecule has 0 bridgehead atoms. The Morgan fingerprint density at radius 1 is 0.933 bits per heavy atom. The van der Waals surface area contributed by atoms with Crippen molar-refractivity contribution in [2.75, 3.05) is 13.7 Å². The maximum Gasteiger partial charge on any atom is 0.161 e. The molecular formula is C25H27N3O2. The van der Waals surface area contributed by atoms with Gasteiger partial charge in [-0.2, -0.15) is 0 Å². The molecule has 0 aliphatic rings. The Morgan fingerprint density at radius 3 is 2.53 bits per heavy atom. The van der Waals surface area contributed by atoms with Gasteiger partial charge in [0, 0.05) is 19.5 Å². The number of rotatable bonds is 9. The lowest BCUT2D eigenvalue weighted by molar-refractivity contribution is 0.284. The third-order valence-electron chi connectivity index (χ3n) is 5.05. The van der Waals surface area contributed by atoms with Crippen LogP contribution >= 0.6 is 0 Å². The maximum atomic E-state index is 5.96. The van der Waals surface area contributed by atoms with Crippen molar-refractivity contribution >= 4 is 11.0 Å². The molecule has 0 fully saturated rings. The lowest BCUT2D eigenvalue weighted by atomic mass is 10.1. The number of nitrogens with one attached hydrogen (secondary N) is 2. The zero-order valence-electron chi connectivity index (χ0n) is 17.4. The number of aryl methyl sites for hydroxylation is 1. The van der Waals surface area contributed by atoms with Crippen LogP contribution in [0.5, 0.6) is 11.5 Å². The molecule has 154 valence electrons. The Hall–Kier alpha value is -3.31. The normalized spacial score (nSPS) is 11.0. The van der Waals surface area contributed by atoms with Crippen molar-refractivity contribution in [3.05, 3.63) is 89.2 Å². The molecule has 4 aromatic rings. The summed E-state index contributed by atoms with van der Waals surface area (Å²) >= 11 is 0. The molecule has 0 radical (unpaired) electrons. The summed E-state index contributed by atoms with van der Waals surface area (Å²) in [5.41, 5.74) is 5.63. The van der Waals surface area contributed by atoms with Crippen molar-refractivity contribution in [3.8, 4) is 11.5 Å². The Labute approximate surface area is 177 Å². The number of fused-ring (bicyclic) bond motifs is 1. The SMILES string of the molecule is COc1cc(CNCCc2nc3ccccc3[nH]2)ccc1OCc1ccc(C)cc1. The summed E-state index contributed by atoms with van der Waals surface area (Å²) in [6.07, 6.45) is 0.851. The van der Waals surface area contributed by atoms with Crippen LogP contribution in [0.15, 0.2) is 66.7 Å². The molecule has 1 heterocycles. The zero-order chi connectivity index (χ0) is 20.8. The largest absolute Gasteiger partial charge is 0.493 e. The summed E-state index contributed by atoms with van der Waals surface area (Å²) in [6.45, 7) is 4.20. The van der Waals surface area contributed by atoms with E-state index in [1.807, 2.05) is 36.4 Å². The van der Waals surface area contributed by atoms with Crippen molar-refractivity contribution in [1.29, 1.82) is 0 Å². The molecular weight excluding hydrogens is 374 g/mol. The van der Waals surface area contributed by atoms with E-state index in [1.54, 1.807) is 7.11 Å². The van der Waals surface area contributed by atoms with Crippen LogP contribution in [0.1, 0.15) is 22.5 Å². The molecule has 0 unspecified atom stereocenters. The van der Waals surface area contributed by atoms with Crippen molar-refractivity contribution in [2.45, 2.75) is 26.5 Å². The zero-order valence-corrected chi connectivity index (χ0v) is 17.4. The number of nitrogens with zero attached hydrogens (tertiary/aromatic N) is 1. The monoisotopic (exact) mass is 401 g/mol. The molecule has 0 aliphatic carbocycles. The molecule has 0 spiro atoms. The van der Waals surface area contributed by atoms with Crippen LogP contribution in [-0.2, 0) is 19.6 Å². The van der Waals surface area contributed by atoms with E-state index >= 15 is 0 Å². The summed E-state index contributed by atoms with van der Waals surface area (Å²) < 4.78 is 11.5. The topological polar surface area (TPSA) is 59.2 Å². The number of aromatic amines is 1. The Morgan fingerprint density at radius 2 is 1.73 bits per heavy atom. The molecule has 0 amide bonds. The Bertz CT molecular complexity index is 1070. The molecule has 0 saturated heterocycles. The van der Waals surface area contributed by atoms with Crippen LogP contribution < -0.4 is 14.8 Å². The summed E-state index contributed by atoms with van der Waals surface area (Å²) in [6, 6.07) is 22.5. The first-order chi connectivity index (χ1) is 14.7. The molecule has 2 N–H and O–H groups in total. The van der Waals surface area contributed by atoms with E-state index in [4.69, 9.17) is 9.47 Å². The molecule has 4 rings (SSSR count). The van der Waals surface area contributed by atoms with Crippen molar-refractivity contribution < 1.29 is 9.47 Å². The van der Waals surface area contributed by atoms with Crippen LogP contribution in [0, 0.1) is 6.92 Å². The minimum atomic E-state index is 0.520. The van der Waals surface area contributed by atoms with Crippen LogP contribution in [0.4, 0.5) is 0 Å². The highest BCUT2D eigenvalue weighted by atomic mass is 16.5. The number of para-hydroxylation sites is 2. The number of hydrogen-bond acceptors (Lipinski definition) is 4. The lowest BCUT2D eigenvalue weighted by Crippen LogP contribution is -2.17. The van der Waals surface area contributed by atoms with Gasteiger partial charge in [0.1, 0.15) is 12.4 Å². The first-order valence-electron chi connectivity index (χ1n) is 10.2. The fourth-order valence-electron chi connectivity index (χ4n) is 3.35. The van der Waals surface area contributed by atoms with E-state index in [1.165, 1.54) is 5.56 Å². The van der Waals surface area contributed by atoms with Gasteiger partial charge in [-0.15, -0.1) is 0 Å². The number of hydrogen-bond donors (Lipinski definition) is 2. The van der Waals surface area contributed by atoms with Crippen LogP contribution in [0.3, 0.4) is 0 Å². The molecule has 0 saturated carbocycles. The minimum absolute atomic E-state index is 0.520. The summed E-state index contributed by atoms with van der Waals surface area (Å²) in [5, 5.41) is 3.47. The van der Waals surface area contributed by atoms with E-state index in [9.17, 15) is 0 Å². The third-order valence-corrected chi connectivity index (χ3v) is 5.05. The predicted molar refractivity (Wildman–Crippen MR) is 120 cm³/mol. The second kappa shape index (κ2) is 9.46. The van der Waals surface area contributed by atoms with Crippen molar-refractivity contribution in [2.24, 2.45) is 0 Å². The molecule has 1 aromatic heterocycles. The predicted octanol–water partition coefficient (Wildman–Crippen LogP) is 4.79. The fraction of sp³-hybridized carbons (Fsp3) is 0.240. The second-order valence-corrected chi connectivity index (χ2v) is 7.39. The minimum Gasteiger partial charge on any atom is -0.493 e. The van der Waals surface area contributed by atoms with Crippen LogP contribution in [0.25, 0.3) is 11.0 Å². The number of benzene rings is 3. The number of methoxy groups -OCH3 is 1. The third kappa shape index (κ3) is 4.99. The van der Waals surface area contributed by atoms with Gasteiger partial charge >= 0.3 is 0 Å². The molecule has 3 aromatic carbocycles. The Kier molecular flexibility index (Phi) is 6.30. The first kappa shape index (κ1) is 20.0. The number of H-pyrrole nitrogens is 1. The van der Waals surface area contributed by atoms with Crippen LogP contribution in [-0.4, -0.2) is 23.6 Å². The van der Waals surface area contributed by atoms with Gasteiger partial charge in [0.2, 0.25) is 0 Å². The summed E-state index contributed by atoms with van der Waals surface area (Å²) in [5.74, 6) is 2.50. The van der Waals surface area contributed by atoms with Gasteiger partial charge in [0.05, 0.1) is 18.1 Å². The van der Waals surface area contributed by atoms with E-state index in [0.717, 1.165) is 59.0 Å². The standard InChI is InChI=1S/C25H27N3O2/c1-18-7-9-19(10-8-18)17-30-23-12-11-20(15-24(23)29-2)16-26-14-13-25-27-21-5-3-4-6-22(21)28-25/h3-12,15,26H,13-14,16-17H2,1-2H3,(H,27,28). The van der Waals surface area contributed by atoms with E-state index in [0.29, 0.717) is 6.61 Å². The van der Waals surface area contributed by atoms with E-state index in [-0.39, 0.29) is 0 Å². The molecule has 0 atom stereocenters. The summed E-state index contributed by atoms with van der Waals surface area (Å²) in [7, 11) is 1.67. The smallest absolute Gasteiger partial charge is 0.161 e.